The van der Waals surface area contributed by atoms with E-state index in [0.717, 1.165) is 17.6 Å². The van der Waals surface area contributed by atoms with Crippen LogP contribution in [0.2, 0.25) is 0 Å². The minimum Gasteiger partial charge on any atom is -0.344 e. The average molecular weight is 704 g/mol. The standard InChI is InChI=1S/C28H33NO12S4/c1-27(2)22(21(17-44(34,35)36)20-11-9-18(15-23(20)27)42-41-40-30)7-5-8-26-28(3,4)24-16-19(45(37,38)39)10-12-25(24)29(26)13-6-14-43(31,32)33/h5,7-12,15-16,30H,6,13-14,17H2,1-4H3,(H,31,32,33)(H,34,35,36)(H,37,38,39)/b7-5+,26-8+. The van der Waals surface area contributed by atoms with Crippen molar-refractivity contribution in [2.24, 2.45) is 0 Å². The normalized spacial score (nSPS) is 18.7. The number of rotatable bonds is 12. The maximum absolute atomic E-state index is 12.1. The Morgan fingerprint density at radius 3 is 2.18 bits per heavy atom. The van der Waals surface area contributed by atoms with Gasteiger partial charge in [0.2, 0.25) is 0 Å². The highest BCUT2D eigenvalue weighted by Gasteiger charge is 2.41. The molecule has 0 fully saturated rings. The van der Waals surface area contributed by atoms with Gasteiger partial charge in [-0.3, -0.25) is 13.7 Å². The summed E-state index contributed by atoms with van der Waals surface area (Å²) in [6.45, 7) is 7.56. The molecule has 0 unspecified atom stereocenters. The Bertz CT molecular complexity index is 1930. The second-order valence-electron chi connectivity index (χ2n) is 11.7. The Labute approximate surface area is 266 Å². The summed E-state index contributed by atoms with van der Waals surface area (Å²) in [6, 6.07) is 9.19. The number of anilines is 1. The van der Waals surface area contributed by atoms with Crippen LogP contribution in [0, 0.1) is 0 Å². The number of nitrogens with zero attached hydrogens (tertiary/aromatic N) is 1. The second kappa shape index (κ2) is 12.6. The van der Waals surface area contributed by atoms with Gasteiger partial charge in [-0.25, -0.2) is 5.26 Å². The third-order valence-electron chi connectivity index (χ3n) is 7.94. The predicted octanol–water partition coefficient (Wildman–Crippen LogP) is 4.81. The smallest absolute Gasteiger partial charge is 0.294 e. The van der Waals surface area contributed by atoms with Gasteiger partial charge in [-0.05, 0) is 70.7 Å². The van der Waals surface area contributed by atoms with Gasteiger partial charge in [-0.2, -0.15) is 25.3 Å². The van der Waals surface area contributed by atoms with Crippen molar-refractivity contribution in [3.63, 3.8) is 0 Å². The first-order chi connectivity index (χ1) is 20.7. The maximum Gasteiger partial charge on any atom is 0.294 e. The topological polar surface area (TPSA) is 205 Å². The van der Waals surface area contributed by atoms with Gasteiger partial charge < -0.3 is 4.90 Å². The molecule has 0 amide bonds. The van der Waals surface area contributed by atoms with E-state index in [2.05, 4.69) is 9.37 Å². The second-order valence-corrected chi connectivity index (χ2v) is 16.9. The number of allylic oxidation sites excluding steroid dienone is 5. The van der Waals surface area contributed by atoms with Gasteiger partial charge in [-0.1, -0.05) is 51.0 Å². The summed E-state index contributed by atoms with van der Waals surface area (Å²) < 4.78 is 104. The van der Waals surface area contributed by atoms with E-state index in [9.17, 15) is 38.9 Å². The zero-order valence-electron chi connectivity index (χ0n) is 24.7. The van der Waals surface area contributed by atoms with Gasteiger partial charge in [0.25, 0.3) is 30.4 Å². The molecular weight excluding hydrogens is 671 g/mol. The molecule has 1 aliphatic carbocycles. The molecule has 1 aliphatic heterocycles. The van der Waals surface area contributed by atoms with E-state index in [1.807, 2.05) is 27.7 Å². The van der Waals surface area contributed by atoms with Crippen LogP contribution in [0.4, 0.5) is 5.69 Å². The number of hydrogen-bond donors (Lipinski definition) is 4. The molecule has 2 aromatic rings. The summed E-state index contributed by atoms with van der Waals surface area (Å²) >= 11 is 0.744. The van der Waals surface area contributed by atoms with Gasteiger partial charge >= 0.3 is 0 Å². The maximum atomic E-state index is 12.1. The zero-order chi connectivity index (χ0) is 33.6. The fourth-order valence-electron chi connectivity index (χ4n) is 5.92. The number of fused-ring (bicyclic) bond motifs is 2. The van der Waals surface area contributed by atoms with Crippen molar-refractivity contribution in [2.75, 3.05) is 23.0 Å². The lowest BCUT2D eigenvalue weighted by Crippen LogP contribution is -2.28. The summed E-state index contributed by atoms with van der Waals surface area (Å²) in [6.07, 6.45) is 5.19. The zero-order valence-corrected chi connectivity index (χ0v) is 27.9. The monoisotopic (exact) mass is 703 g/mol. The van der Waals surface area contributed by atoms with Crippen LogP contribution in [0.1, 0.15) is 50.8 Å². The quantitative estimate of drug-likeness (QED) is 0.101. The van der Waals surface area contributed by atoms with Crippen molar-refractivity contribution in [3.05, 3.63) is 82.6 Å². The van der Waals surface area contributed by atoms with Crippen molar-refractivity contribution in [2.45, 2.75) is 54.7 Å². The average Bonchev–Trinajstić information content (AvgIpc) is 3.24. The van der Waals surface area contributed by atoms with Crippen LogP contribution in [-0.2, 0) is 50.6 Å². The first-order valence-corrected chi connectivity index (χ1v) is 18.8. The van der Waals surface area contributed by atoms with E-state index in [1.54, 1.807) is 41.3 Å². The molecule has 2 aromatic carbocycles. The Balaban J connectivity index is 1.81. The van der Waals surface area contributed by atoms with Crippen molar-refractivity contribution in [1.29, 1.82) is 0 Å². The van der Waals surface area contributed by atoms with Crippen LogP contribution in [0.15, 0.2) is 75.7 Å². The Hall–Kier alpha value is -2.58. The molecule has 0 saturated carbocycles. The minimum atomic E-state index is -4.51. The molecule has 4 rings (SSSR count). The molecule has 0 atom stereocenters. The molecule has 0 radical (unpaired) electrons. The van der Waals surface area contributed by atoms with E-state index in [-0.39, 0.29) is 17.9 Å². The highest BCUT2D eigenvalue weighted by molar-refractivity contribution is 7.94. The molecule has 0 aromatic heterocycles. The van der Waals surface area contributed by atoms with Crippen molar-refractivity contribution in [1.82, 2.24) is 0 Å². The summed E-state index contributed by atoms with van der Waals surface area (Å²) in [5.41, 5.74) is 2.49. The lowest BCUT2D eigenvalue weighted by Gasteiger charge is -2.27. The molecule has 0 spiro atoms. The summed E-state index contributed by atoms with van der Waals surface area (Å²) in [7, 11) is -13.2. The fraction of sp³-hybridized carbons (Fsp3) is 0.357. The van der Waals surface area contributed by atoms with Gasteiger partial charge in [-0.15, -0.1) is 4.33 Å². The fourth-order valence-corrected chi connectivity index (χ4v) is 8.00. The highest BCUT2D eigenvalue weighted by atomic mass is 32.2. The van der Waals surface area contributed by atoms with E-state index in [1.165, 1.54) is 18.2 Å². The summed E-state index contributed by atoms with van der Waals surface area (Å²) in [5, 5.41) is 12.2. The first kappa shape index (κ1) is 35.3. The Morgan fingerprint density at radius 1 is 0.889 bits per heavy atom. The lowest BCUT2D eigenvalue weighted by atomic mass is 9.80. The van der Waals surface area contributed by atoms with Crippen molar-refractivity contribution >= 4 is 53.7 Å². The van der Waals surface area contributed by atoms with Gasteiger partial charge in [0, 0.05) is 33.7 Å². The van der Waals surface area contributed by atoms with Crippen LogP contribution in [0.25, 0.3) is 5.57 Å². The van der Waals surface area contributed by atoms with Crippen molar-refractivity contribution < 1.29 is 53.5 Å². The number of benzene rings is 2. The third kappa shape index (κ3) is 7.70. The molecule has 45 heavy (non-hydrogen) atoms. The highest BCUT2D eigenvalue weighted by Crippen LogP contribution is 2.50. The molecule has 0 saturated heterocycles. The Morgan fingerprint density at radius 2 is 1.58 bits per heavy atom. The van der Waals surface area contributed by atoms with Gasteiger partial charge in [0.05, 0.1) is 22.7 Å². The van der Waals surface area contributed by atoms with Crippen molar-refractivity contribution in [3.8, 4) is 0 Å². The molecule has 2 aliphatic rings. The molecule has 13 nitrogen and oxygen atoms in total. The third-order valence-corrected chi connectivity index (χ3v) is 10.8. The minimum absolute atomic E-state index is 0.0485. The molecule has 246 valence electrons. The summed E-state index contributed by atoms with van der Waals surface area (Å²) in [5.74, 6) is -1.15. The molecule has 17 heteroatoms. The molecule has 1 heterocycles. The molecular formula is C28H33NO12S4. The van der Waals surface area contributed by atoms with E-state index < -0.39 is 52.7 Å². The van der Waals surface area contributed by atoms with E-state index in [0.29, 0.717) is 38.6 Å². The molecule has 0 bridgehead atoms. The molecule has 4 N–H and O–H groups in total. The van der Waals surface area contributed by atoms with Crippen LogP contribution < -0.4 is 4.90 Å². The largest absolute Gasteiger partial charge is 0.344 e. The van der Waals surface area contributed by atoms with Gasteiger partial charge in [0.1, 0.15) is 5.75 Å². The Kier molecular flexibility index (Phi) is 9.84. The van der Waals surface area contributed by atoms with E-state index >= 15 is 0 Å². The van der Waals surface area contributed by atoms with Crippen LogP contribution in [0.5, 0.6) is 0 Å². The SMILES string of the molecule is CC1(C)C(/C=C/C=C2/N(CCCS(=O)(=O)O)c3ccc(S(=O)(=O)O)cc3C2(C)C)=C(CS(=O)(=O)O)c2ccc(SOOO)cc21. The number of hydrogen-bond acceptors (Lipinski definition) is 11. The lowest BCUT2D eigenvalue weighted by molar-refractivity contribution is -0.432. The van der Waals surface area contributed by atoms with Crippen LogP contribution in [-0.4, -0.2) is 62.2 Å². The predicted molar refractivity (Wildman–Crippen MR) is 168 cm³/mol. The van der Waals surface area contributed by atoms with Crippen LogP contribution >= 0.6 is 12.0 Å². The van der Waals surface area contributed by atoms with Gasteiger partial charge in [0.15, 0.2) is 0 Å². The van der Waals surface area contributed by atoms with Crippen LogP contribution in [0.3, 0.4) is 0 Å². The first-order valence-electron chi connectivity index (χ1n) is 13.4. The van der Waals surface area contributed by atoms with E-state index in [4.69, 9.17) is 5.26 Å². The summed E-state index contributed by atoms with van der Waals surface area (Å²) in [4.78, 5) is 2.06.